The van der Waals surface area contributed by atoms with Crippen molar-refractivity contribution in [2.24, 2.45) is 0 Å². The molecule has 2 atom stereocenters. The number of allylic oxidation sites excluding steroid dienone is 10. The van der Waals surface area contributed by atoms with Crippen LogP contribution in [-0.4, -0.2) is 80.6 Å². The molecule has 0 aromatic rings. The molecule has 0 spiro atoms. The van der Waals surface area contributed by atoms with Crippen LogP contribution in [0.15, 0.2) is 60.8 Å². The van der Waals surface area contributed by atoms with Crippen LogP contribution in [0.2, 0.25) is 0 Å². The minimum absolute atomic E-state index is 0.0468. The molecule has 0 saturated carbocycles. The minimum atomic E-state index is -0.883. The van der Waals surface area contributed by atoms with Gasteiger partial charge in [0.15, 0.2) is 12.1 Å². The summed E-state index contributed by atoms with van der Waals surface area (Å²) in [4.78, 5) is 36.9. The van der Waals surface area contributed by atoms with Crippen molar-refractivity contribution in [3.05, 3.63) is 60.8 Å². The van der Waals surface area contributed by atoms with E-state index in [9.17, 15) is 19.5 Å². The van der Waals surface area contributed by atoms with Gasteiger partial charge < -0.3 is 23.8 Å². The van der Waals surface area contributed by atoms with Crippen LogP contribution in [0.1, 0.15) is 149 Å². The third kappa shape index (κ3) is 32.9. The fraction of sp³-hybridized carbons (Fsp3) is 0.705. The van der Waals surface area contributed by atoms with Crippen LogP contribution in [0.25, 0.3) is 0 Å². The number of aliphatic carboxylic acids is 1. The van der Waals surface area contributed by atoms with Gasteiger partial charge in [-0.25, -0.2) is 4.79 Å². The van der Waals surface area contributed by atoms with Crippen LogP contribution < -0.4 is 0 Å². The zero-order chi connectivity index (χ0) is 38.5. The standard InChI is InChI=1S/C44H75NO7/c1-6-8-10-12-14-16-18-20-21-23-25-27-29-31-33-35-43(47)52-40(38-50-37-36-41(44(48)49)45(3,4)5)39-51-42(46)34-32-30-28-26-24-22-19-17-15-13-11-9-7-2/h8,10-11,13-14,16-17,19-21,40-41H,6-7,9,12,15,18,22-39H2,1-5H3/p+1/b10-8-,13-11-,16-14-,19-17-,21-20-. The number of carboxylic acids is 1. The number of ether oxygens (including phenoxy) is 3. The third-order valence-corrected chi connectivity index (χ3v) is 8.63. The number of nitrogens with zero attached hydrogens (tertiary/aromatic N) is 1. The largest absolute Gasteiger partial charge is 0.477 e. The maximum absolute atomic E-state index is 12.7. The summed E-state index contributed by atoms with van der Waals surface area (Å²) in [6.45, 7) is 4.50. The van der Waals surface area contributed by atoms with E-state index in [4.69, 9.17) is 14.2 Å². The number of quaternary nitrogens is 1. The molecule has 0 aliphatic carbocycles. The number of esters is 2. The number of carboxylic acid groups (broad SMARTS) is 1. The Balaban J connectivity index is 4.45. The van der Waals surface area contributed by atoms with Crippen molar-refractivity contribution in [2.75, 3.05) is 41.0 Å². The molecule has 0 radical (unpaired) electrons. The van der Waals surface area contributed by atoms with Crippen molar-refractivity contribution in [1.29, 1.82) is 0 Å². The molecule has 0 fully saturated rings. The van der Waals surface area contributed by atoms with Crippen LogP contribution in [-0.2, 0) is 28.6 Å². The van der Waals surface area contributed by atoms with E-state index in [1.165, 1.54) is 6.42 Å². The first-order chi connectivity index (χ1) is 25.1. The Labute approximate surface area is 318 Å². The number of unbranched alkanes of at least 4 members (excludes halogenated alkanes) is 11. The van der Waals surface area contributed by atoms with E-state index in [1.807, 2.05) is 21.1 Å². The second-order valence-electron chi connectivity index (χ2n) is 14.5. The lowest BCUT2D eigenvalue weighted by Gasteiger charge is -2.31. The van der Waals surface area contributed by atoms with E-state index in [0.717, 1.165) is 109 Å². The average Bonchev–Trinajstić information content (AvgIpc) is 3.09. The third-order valence-electron chi connectivity index (χ3n) is 8.63. The molecule has 2 unspecified atom stereocenters. The van der Waals surface area contributed by atoms with Crippen molar-refractivity contribution in [3.8, 4) is 0 Å². The number of hydrogen-bond acceptors (Lipinski definition) is 6. The normalized spacial score (nSPS) is 13.6. The Bertz CT molecular complexity index is 1040. The second kappa shape index (κ2) is 35.1. The summed E-state index contributed by atoms with van der Waals surface area (Å²) in [7, 11) is 5.50. The molecule has 0 aromatic heterocycles. The van der Waals surface area contributed by atoms with E-state index >= 15 is 0 Å². The number of hydrogen-bond donors (Lipinski definition) is 1. The molecule has 0 aromatic carbocycles. The summed E-state index contributed by atoms with van der Waals surface area (Å²) >= 11 is 0. The SMILES string of the molecule is CC/C=C\C/C=C\C/C=C\CCCCCCCC(=O)OC(COCCC(C(=O)O)[N+](C)(C)C)COC(=O)CCCCCCC/C=C\C/C=C\CCC. The minimum Gasteiger partial charge on any atom is -0.477 e. The molecule has 0 aliphatic heterocycles. The number of likely N-dealkylation sites (N-methyl/N-ethyl adjacent to an activating group) is 1. The lowest BCUT2D eigenvalue weighted by Crippen LogP contribution is -2.50. The van der Waals surface area contributed by atoms with E-state index in [1.54, 1.807) is 0 Å². The van der Waals surface area contributed by atoms with E-state index in [0.29, 0.717) is 19.3 Å². The van der Waals surface area contributed by atoms with Gasteiger partial charge in [-0.2, -0.15) is 0 Å². The summed E-state index contributed by atoms with van der Waals surface area (Å²) in [5.41, 5.74) is 0. The van der Waals surface area contributed by atoms with Crippen molar-refractivity contribution < 1.29 is 38.2 Å². The predicted molar refractivity (Wildman–Crippen MR) is 215 cm³/mol. The Morgan fingerprint density at radius 1 is 0.596 bits per heavy atom. The molecule has 0 saturated heterocycles. The van der Waals surface area contributed by atoms with Crippen molar-refractivity contribution in [3.63, 3.8) is 0 Å². The molecule has 0 rings (SSSR count). The highest BCUT2D eigenvalue weighted by Crippen LogP contribution is 2.13. The van der Waals surface area contributed by atoms with Crippen molar-refractivity contribution in [2.45, 2.75) is 161 Å². The zero-order valence-corrected chi connectivity index (χ0v) is 33.7. The van der Waals surface area contributed by atoms with E-state index in [-0.39, 0.29) is 36.2 Å². The monoisotopic (exact) mass is 731 g/mol. The fourth-order valence-electron chi connectivity index (χ4n) is 5.49. The molecule has 8 nitrogen and oxygen atoms in total. The van der Waals surface area contributed by atoms with Gasteiger partial charge in [0.25, 0.3) is 0 Å². The summed E-state index contributed by atoms with van der Waals surface area (Å²) in [6, 6.07) is -0.621. The van der Waals surface area contributed by atoms with Crippen LogP contribution in [0, 0.1) is 0 Å². The van der Waals surface area contributed by atoms with Gasteiger partial charge in [-0.15, -0.1) is 0 Å². The molecule has 1 N–H and O–H groups in total. The van der Waals surface area contributed by atoms with Gasteiger partial charge in [0, 0.05) is 19.3 Å². The summed E-state index contributed by atoms with van der Waals surface area (Å²) in [6.07, 6.45) is 41.1. The molecule has 298 valence electrons. The van der Waals surface area contributed by atoms with Gasteiger partial charge in [-0.05, 0) is 70.6 Å². The highest BCUT2D eigenvalue weighted by Gasteiger charge is 2.31. The molecule has 0 heterocycles. The van der Waals surface area contributed by atoms with Gasteiger partial charge in [-0.3, -0.25) is 9.59 Å². The summed E-state index contributed by atoms with van der Waals surface area (Å²) in [5, 5.41) is 9.60. The van der Waals surface area contributed by atoms with Gasteiger partial charge in [-0.1, -0.05) is 120 Å². The highest BCUT2D eigenvalue weighted by atomic mass is 16.6. The van der Waals surface area contributed by atoms with Crippen LogP contribution in [0.4, 0.5) is 0 Å². The number of carbonyl (C=O) groups is 3. The Morgan fingerprint density at radius 3 is 1.60 bits per heavy atom. The van der Waals surface area contributed by atoms with Gasteiger partial charge in [0.2, 0.25) is 0 Å². The molecule has 0 aliphatic rings. The molecular formula is C44H76NO7+. The molecule has 0 bridgehead atoms. The average molecular weight is 731 g/mol. The molecule has 52 heavy (non-hydrogen) atoms. The first kappa shape index (κ1) is 49.0. The van der Waals surface area contributed by atoms with Crippen LogP contribution >= 0.6 is 0 Å². The van der Waals surface area contributed by atoms with Gasteiger partial charge >= 0.3 is 17.9 Å². The molecule has 8 heteroatoms. The Morgan fingerprint density at radius 2 is 1.08 bits per heavy atom. The Kier molecular flexibility index (Phi) is 33.1. The maximum atomic E-state index is 12.7. The van der Waals surface area contributed by atoms with Crippen molar-refractivity contribution >= 4 is 17.9 Å². The highest BCUT2D eigenvalue weighted by molar-refractivity contribution is 5.72. The molecular weight excluding hydrogens is 654 g/mol. The summed E-state index contributed by atoms with van der Waals surface area (Å²) in [5.74, 6) is -1.52. The first-order valence-electron chi connectivity index (χ1n) is 20.3. The zero-order valence-electron chi connectivity index (χ0n) is 33.7. The lowest BCUT2D eigenvalue weighted by atomic mass is 10.1. The van der Waals surface area contributed by atoms with E-state index < -0.39 is 18.1 Å². The van der Waals surface area contributed by atoms with Crippen LogP contribution in [0.3, 0.4) is 0 Å². The number of carbonyl (C=O) groups excluding carboxylic acids is 2. The topological polar surface area (TPSA) is 99.1 Å². The maximum Gasteiger partial charge on any atom is 0.362 e. The second-order valence-corrected chi connectivity index (χ2v) is 14.5. The quantitative estimate of drug-likeness (QED) is 0.0300. The molecule has 0 amide bonds. The summed E-state index contributed by atoms with van der Waals surface area (Å²) < 4.78 is 17.2. The van der Waals surface area contributed by atoms with Crippen LogP contribution in [0.5, 0.6) is 0 Å². The predicted octanol–water partition coefficient (Wildman–Crippen LogP) is 10.6. The smallest absolute Gasteiger partial charge is 0.362 e. The van der Waals surface area contributed by atoms with E-state index in [2.05, 4.69) is 74.6 Å². The van der Waals surface area contributed by atoms with Crippen molar-refractivity contribution in [1.82, 2.24) is 0 Å². The first-order valence-corrected chi connectivity index (χ1v) is 20.3. The number of rotatable bonds is 35. The lowest BCUT2D eigenvalue weighted by molar-refractivity contribution is -0.887. The Hall–Kier alpha value is -2.97. The van der Waals surface area contributed by atoms with Gasteiger partial charge in [0.05, 0.1) is 34.4 Å². The van der Waals surface area contributed by atoms with Gasteiger partial charge in [0.1, 0.15) is 6.61 Å². The fourth-order valence-corrected chi connectivity index (χ4v) is 5.49.